The zero-order chi connectivity index (χ0) is 9.84. The summed E-state index contributed by atoms with van der Waals surface area (Å²) in [5.74, 6) is -0.968. The molecule has 0 radical (unpaired) electrons. The molecule has 1 rings (SSSR count). The smallest absolute Gasteiger partial charge is 0.254 e. The van der Waals surface area contributed by atoms with E-state index in [1.54, 1.807) is 6.07 Å². The average molecular weight is 182 g/mol. The highest BCUT2D eigenvalue weighted by Crippen LogP contribution is 2.09. The van der Waals surface area contributed by atoms with Crippen LogP contribution in [0.1, 0.15) is 15.9 Å². The first-order chi connectivity index (χ1) is 6.19. The van der Waals surface area contributed by atoms with Gasteiger partial charge in [-0.25, -0.2) is 4.39 Å². The minimum absolute atomic E-state index is 0.0328. The molecule has 0 heterocycles. The van der Waals surface area contributed by atoms with Gasteiger partial charge in [0.1, 0.15) is 5.82 Å². The van der Waals surface area contributed by atoms with Crippen molar-refractivity contribution in [3.63, 3.8) is 0 Å². The number of benzene rings is 1. The van der Waals surface area contributed by atoms with E-state index in [4.69, 9.17) is 5.73 Å². The molecule has 1 amide bonds. The average Bonchev–Trinajstić information content (AvgIpc) is 2.17. The van der Waals surface area contributed by atoms with Crippen molar-refractivity contribution in [3.8, 4) is 0 Å². The molecule has 4 heteroatoms. The Labute approximate surface area is 75.7 Å². The topological polar surface area (TPSA) is 55.1 Å². The zero-order valence-corrected chi connectivity index (χ0v) is 7.30. The van der Waals surface area contributed by atoms with Crippen molar-refractivity contribution < 1.29 is 9.18 Å². The molecule has 0 saturated carbocycles. The molecule has 0 saturated heterocycles. The Morgan fingerprint density at radius 2 is 2.31 bits per heavy atom. The highest BCUT2D eigenvalue weighted by Gasteiger charge is 2.09. The number of nitrogens with two attached hydrogens (primary N) is 1. The van der Waals surface area contributed by atoms with Crippen LogP contribution in [0.25, 0.3) is 0 Å². The fourth-order valence-corrected chi connectivity index (χ4v) is 1.01. The lowest BCUT2D eigenvalue weighted by molar-refractivity contribution is 0.0959. The first kappa shape index (κ1) is 9.67. The van der Waals surface area contributed by atoms with Crippen molar-refractivity contribution in [1.82, 2.24) is 5.32 Å². The second-order valence-corrected chi connectivity index (χ2v) is 2.60. The number of halogens is 1. The maximum Gasteiger partial charge on any atom is 0.254 e. The maximum atomic E-state index is 13.0. The van der Waals surface area contributed by atoms with Gasteiger partial charge in [0.15, 0.2) is 0 Å². The van der Waals surface area contributed by atoms with Crippen LogP contribution in [0.4, 0.5) is 4.39 Å². The Morgan fingerprint density at radius 1 is 1.62 bits per heavy atom. The van der Waals surface area contributed by atoms with E-state index in [1.165, 1.54) is 19.2 Å². The van der Waals surface area contributed by atoms with Crippen molar-refractivity contribution in [2.45, 2.75) is 6.54 Å². The largest absolute Gasteiger partial charge is 0.355 e. The number of nitrogens with one attached hydrogen (secondary N) is 1. The van der Waals surface area contributed by atoms with E-state index >= 15 is 0 Å². The molecule has 0 unspecified atom stereocenters. The summed E-state index contributed by atoms with van der Waals surface area (Å²) in [4.78, 5) is 11.1. The van der Waals surface area contributed by atoms with Crippen LogP contribution in [-0.2, 0) is 6.54 Å². The SMILES string of the molecule is CNC(=O)c1cc(CN)ccc1F. The van der Waals surface area contributed by atoms with Crippen LogP contribution in [0, 0.1) is 5.82 Å². The van der Waals surface area contributed by atoms with Crippen LogP contribution in [0.15, 0.2) is 18.2 Å². The van der Waals surface area contributed by atoms with Gasteiger partial charge in [-0.2, -0.15) is 0 Å². The van der Waals surface area contributed by atoms with Gasteiger partial charge in [0.2, 0.25) is 0 Å². The standard InChI is InChI=1S/C9H11FN2O/c1-12-9(13)7-4-6(5-11)2-3-8(7)10/h2-4H,5,11H2,1H3,(H,12,13). The van der Waals surface area contributed by atoms with Crippen LogP contribution >= 0.6 is 0 Å². The van der Waals surface area contributed by atoms with Crippen molar-refractivity contribution in [2.24, 2.45) is 5.73 Å². The number of amides is 1. The second kappa shape index (κ2) is 4.00. The van der Waals surface area contributed by atoms with Crippen LogP contribution in [0.5, 0.6) is 0 Å². The summed E-state index contributed by atoms with van der Waals surface area (Å²) < 4.78 is 13.0. The summed E-state index contributed by atoms with van der Waals surface area (Å²) >= 11 is 0. The molecular weight excluding hydrogens is 171 g/mol. The van der Waals surface area contributed by atoms with Crippen LogP contribution in [-0.4, -0.2) is 13.0 Å². The number of rotatable bonds is 2. The van der Waals surface area contributed by atoms with Crippen LogP contribution in [0.2, 0.25) is 0 Å². The van der Waals surface area contributed by atoms with Crippen molar-refractivity contribution in [2.75, 3.05) is 7.05 Å². The molecule has 70 valence electrons. The molecular formula is C9H11FN2O. The van der Waals surface area contributed by atoms with Crippen LogP contribution in [0.3, 0.4) is 0 Å². The van der Waals surface area contributed by atoms with Crippen molar-refractivity contribution in [1.29, 1.82) is 0 Å². The molecule has 3 N–H and O–H groups in total. The van der Waals surface area contributed by atoms with E-state index in [-0.39, 0.29) is 5.56 Å². The summed E-state index contributed by atoms with van der Waals surface area (Å²) in [5, 5.41) is 2.35. The molecule has 0 spiro atoms. The Hall–Kier alpha value is -1.42. The summed E-state index contributed by atoms with van der Waals surface area (Å²) in [6.45, 7) is 0.296. The predicted octanol–water partition coefficient (Wildman–Crippen LogP) is 0.644. The molecule has 3 nitrogen and oxygen atoms in total. The molecule has 0 aliphatic rings. The molecule has 0 aromatic heterocycles. The summed E-state index contributed by atoms with van der Waals surface area (Å²) in [6.07, 6.45) is 0. The molecule has 1 aromatic carbocycles. The normalized spacial score (nSPS) is 9.77. The molecule has 0 bridgehead atoms. The minimum atomic E-state index is -0.531. The zero-order valence-electron chi connectivity index (χ0n) is 7.30. The molecule has 0 atom stereocenters. The van der Waals surface area contributed by atoms with Gasteiger partial charge in [0, 0.05) is 13.6 Å². The third-order valence-corrected chi connectivity index (χ3v) is 1.74. The lowest BCUT2D eigenvalue weighted by Crippen LogP contribution is -2.19. The van der Waals surface area contributed by atoms with Crippen molar-refractivity contribution in [3.05, 3.63) is 35.1 Å². The Kier molecular flexibility index (Phi) is 2.97. The third-order valence-electron chi connectivity index (χ3n) is 1.74. The first-order valence-electron chi connectivity index (χ1n) is 3.89. The molecule has 0 aliphatic carbocycles. The molecule has 0 aliphatic heterocycles. The van der Waals surface area contributed by atoms with Gasteiger partial charge in [0.25, 0.3) is 5.91 Å². The van der Waals surface area contributed by atoms with E-state index in [0.29, 0.717) is 6.54 Å². The first-order valence-corrected chi connectivity index (χ1v) is 3.89. The van der Waals surface area contributed by atoms with Gasteiger partial charge in [-0.3, -0.25) is 4.79 Å². The highest BCUT2D eigenvalue weighted by molar-refractivity contribution is 5.94. The highest BCUT2D eigenvalue weighted by atomic mass is 19.1. The van der Waals surface area contributed by atoms with Gasteiger partial charge in [-0.15, -0.1) is 0 Å². The van der Waals surface area contributed by atoms with E-state index < -0.39 is 11.7 Å². The number of hydrogen-bond acceptors (Lipinski definition) is 2. The predicted molar refractivity (Wildman–Crippen MR) is 47.7 cm³/mol. The lowest BCUT2D eigenvalue weighted by atomic mass is 10.1. The fourth-order valence-electron chi connectivity index (χ4n) is 1.01. The summed E-state index contributed by atoms with van der Waals surface area (Å²) in [6, 6.07) is 4.25. The fraction of sp³-hybridized carbons (Fsp3) is 0.222. The third kappa shape index (κ3) is 2.03. The Morgan fingerprint density at radius 3 is 2.85 bits per heavy atom. The quantitative estimate of drug-likeness (QED) is 0.705. The Bertz CT molecular complexity index is 325. The van der Waals surface area contributed by atoms with Gasteiger partial charge in [-0.1, -0.05) is 6.07 Å². The number of carbonyl (C=O) groups excluding carboxylic acids is 1. The van der Waals surface area contributed by atoms with E-state index in [1.807, 2.05) is 0 Å². The van der Waals surface area contributed by atoms with Crippen molar-refractivity contribution >= 4 is 5.91 Å². The van der Waals surface area contributed by atoms with E-state index in [0.717, 1.165) is 5.56 Å². The maximum absolute atomic E-state index is 13.0. The van der Waals surface area contributed by atoms with Gasteiger partial charge in [-0.05, 0) is 17.7 Å². The van der Waals surface area contributed by atoms with E-state index in [9.17, 15) is 9.18 Å². The lowest BCUT2D eigenvalue weighted by Gasteiger charge is -2.03. The molecule has 0 fully saturated rings. The summed E-state index contributed by atoms with van der Waals surface area (Å²) in [7, 11) is 1.46. The molecule has 1 aromatic rings. The minimum Gasteiger partial charge on any atom is -0.355 e. The second-order valence-electron chi connectivity index (χ2n) is 2.60. The van der Waals surface area contributed by atoms with Gasteiger partial charge < -0.3 is 11.1 Å². The summed E-state index contributed by atoms with van der Waals surface area (Å²) in [5.41, 5.74) is 6.13. The monoisotopic (exact) mass is 182 g/mol. The van der Waals surface area contributed by atoms with Gasteiger partial charge >= 0.3 is 0 Å². The van der Waals surface area contributed by atoms with E-state index in [2.05, 4.69) is 5.32 Å². The van der Waals surface area contributed by atoms with Gasteiger partial charge in [0.05, 0.1) is 5.56 Å². The Balaban J connectivity index is 3.11. The number of hydrogen-bond donors (Lipinski definition) is 2. The molecule has 13 heavy (non-hydrogen) atoms. The number of carbonyl (C=O) groups is 1. The van der Waals surface area contributed by atoms with Crippen LogP contribution < -0.4 is 11.1 Å².